The zero-order valence-corrected chi connectivity index (χ0v) is 9.85. The Labute approximate surface area is 100 Å². The highest BCUT2D eigenvalue weighted by Crippen LogP contribution is 2.22. The molecule has 0 spiro atoms. The van der Waals surface area contributed by atoms with E-state index in [1.54, 1.807) is 0 Å². The molecule has 1 fully saturated rings. The number of hydrogen-bond donors (Lipinski definition) is 2. The average Bonchev–Trinajstić information content (AvgIpc) is 2.28. The van der Waals surface area contributed by atoms with Gasteiger partial charge in [0.15, 0.2) is 0 Å². The van der Waals surface area contributed by atoms with E-state index >= 15 is 0 Å². The first-order chi connectivity index (χ1) is 8.19. The normalized spacial score (nSPS) is 17.6. The number of nitrogens with zero attached hydrogens (tertiary/aromatic N) is 1. The number of likely N-dealkylation sites (N-methyl/N-ethyl adjacent to an activating group) is 1. The molecule has 0 bridgehead atoms. The number of nitrogens with one attached hydrogen (secondary N) is 1. The average molecular weight is 235 g/mol. The van der Waals surface area contributed by atoms with Crippen LogP contribution in [-0.4, -0.2) is 36.5 Å². The fraction of sp³-hybridized carbons (Fsp3) is 0.417. The van der Waals surface area contributed by atoms with Crippen LogP contribution in [0.3, 0.4) is 0 Å². The first-order valence-electron chi connectivity index (χ1n) is 5.56. The molecule has 0 unspecified atom stereocenters. The number of nitrogens with two attached hydrogens (primary N) is 1. The minimum absolute atomic E-state index is 0.380. The molecule has 1 saturated heterocycles. The molecule has 0 atom stereocenters. The van der Waals surface area contributed by atoms with Crippen molar-refractivity contribution in [2.24, 2.45) is 5.90 Å². The maximum absolute atomic E-state index is 11.7. The van der Waals surface area contributed by atoms with Crippen LogP contribution in [0.2, 0.25) is 0 Å². The molecule has 5 nitrogen and oxygen atoms in total. The molecule has 1 aliphatic rings. The van der Waals surface area contributed by atoms with Crippen molar-refractivity contribution in [1.29, 1.82) is 0 Å². The third-order valence-corrected chi connectivity index (χ3v) is 3.32. The van der Waals surface area contributed by atoms with Crippen molar-refractivity contribution in [2.45, 2.75) is 12.1 Å². The van der Waals surface area contributed by atoms with E-state index in [1.807, 2.05) is 42.3 Å². The lowest BCUT2D eigenvalue weighted by molar-refractivity contribution is -0.162. The molecule has 3 N–H and O–H groups in total. The molecule has 1 aromatic carbocycles. The lowest BCUT2D eigenvalue weighted by atomic mass is 9.90. The van der Waals surface area contributed by atoms with Gasteiger partial charge in [-0.1, -0.05) is 30.3 Å². The Bertz CT molecular complexity index is 390. The SMILES string of the molecule is CN(Cc1ccccc1)C1(C(=O)ON)CNC1. The van der Waals surface area contributed by atoms with Gasteiger partial charge in [-0.2, -0.15) is 5.90 Å². The lowest BCUT2D eigenvalue weighted by Crippen LogP contribution is -2.72. The lowest BCUT2D eigenvalue weighted by Gasteiger charge is -2.46. The van der Waals surface area contributed by atoms with E-state index in [2.05, 4.69) is 10.2 Å². The summed E-state index contributed by atoms with van der Waals surface area (Å²) >= 11 is 0. The molecule has 1 aliphatic heterocycles. The topological polar surface area (TPSA) is 67.6 Å². The summed E-state index contributed by atoms with van der Waals surface area (Å²) in [6.07, 6.45) is 0. The van der Waals surface area contributed by atoms with E-state index in [0.29, 0.717) is 19.6 Å². The molecule has 5 heteroatoms. The summed E-state index contributed by atoms with van der Waals surface area (Å²) in [7, 11) is 1.91. The number of carbonyl (C=O) groups excluding carboxylic acids is 1. The number of hydrogen-bond acceptors (Lipinski definition) is 5. The molecular weight excluding hydrogens is 218 g/mol. The predicted octanol–water partition coefficient (Wildman–Crippen LogP) is -0.123. The molecule has 92 valence electrons. The Balaban J connectivity index is 2.08. The summed E-state index contributed by atoms with van der Waals surface area (Å²) in [5, 5.41) is 3.09. The summed E-state index contributed by atoms with van der Waals surface area (Å²) < 4.78 is 0. The number of benzene rings is 1. The maximum Gasteiger partial charge on any atom is 0.347 e. The molecule has 2 rings (SSSR count). The predicted molar refractivity (Wildman–Crippen MR) is 63.8 cm³/mol. The van der Waals surface area contributed by atoms with Gasteiger partial charge in [0.2, 0.25) is 0 Å². The minimum atomic E-state index is -0.620. The van der Waals surface area contributed by atoms with E-state index in [0.717, 1.165) is 5.56 Å². The molecule has 0 aliphatic carbocycles. The number of rotatable bonds is 4. The Morgan fingerprint density at radius 1 is 1.47 bits per heavy atom. The third-order valence-electron chi connectivity index (χ3n) is 3.32. The Morgan fingerprint density at radius 3 is 2.59 bits per heavy atom. The smallest absolute Gasteiger partial charge is 0.347 e. The second kappa shape index (κ2) is 4.83. The van der Waals surface area contributed by atoms with Crippen LogP contribution in [-0.2, 0) is 16.2 Å². The summed E-state index contributed by atoms with van der Waals surface area (Å²) in [4.78, 5) is 18.1. The van der Waals surface area contributed by atoms with Crippen molar-refractivity contribution in [3.63, 3.8) is 0 Å². The van der Waals surface area contributed by atoms with Crippen LogP contribution in [0.5, 0.6) is 0 Å². The standard InChI is InChI=1S/C12H17N3O2/c1-15(7-10-5-3-2-4-6-10)12(8-14-9-12)11(16)17-13/h2-6,14H,7-9,13H2,1H3. The highest BCUT2D eigenvalue weighted by atomic mass is 16.7. The zero-order valence-electron chi connectivity index (χ0n) is 9.85. The third kappa shape index (κ3) is 2.17. The monoisotopic (exact) mass is 235 g/mol. The van der Waals surface area contributed by atoms with Gasteiger partial charge in [0.1, 0.15) is 5.54 Å². The molecule has 0 amide bonds. The summed E-state index contributed by atoms with van der Waals surface area (Å²) in [6, 6.07) is 10.00. The van der Waals surface area contributed by atoms with Crippen LogP contribution < -0.4 is 11.2 Å². The van der Waals surface area contributed by atoms with Crippen molar-refractivity contribution in [3.05, 3.63) is 35.9 Å². The van der Waals surface area contributed by atoms with E-state index in [-0.39, 0.29) is 5.97 Å². The fourth-order valence-electron chi connectivity index (χ4n) is 2.05. The second-order valence-electron chi connectivity index (χ2n) is 4.38. The Kier molecular flexibility index (Phi) is 3.42. The van der Waals surface area contributed by atoms with Crippen LogP contribution in [0.4, 0.5) is 0 Å². The second-order valence-corrected chi connectivity index (χ2v) is 4.38. The van der Waals surface area contributed by atoms with Crippen molar-refractivity contribution in [1.82, 2.24) is 10.2 Å². The molecule has 0 saturated carbocycles. The van der Waals surface area contributed by atoms with E-state index in [4.69, 9.17) is 5.90 Å². The molecule has 0 aromatic heterocycles. The Hall–Kier alpha value is -1.43. The fourth-order valence-corrected chi connectivity index (χ4v) is 2.05. The van der Waals surface area contributed by atoms with Crippen LogP contribution in [0.15, 0.2) is 30.3 Å². The van der Waals surface area contributed by atoms with Gasteiger partial charge in [-0.25, -0.2) is 4.79 Å². The van der Waals surface area contributed by atoms with Gasteiger partial charge in [-0.05, 0) is 12.6 Å². The van der Waals surface area contributed by atoms with E-state index < -0.39 is 5.54 Å². The molecule has 0 radical (unpaired) electrons. The van der Waals surface area contributed by atoms with Crippen LogP contribution in [0, 0.1) is 0 Å². The summed E-state index contributed by atoms with van der Waals surface area (Å²) in [5.41, 5.74) is 0.538. The van der Waals surface area contributed by atoms with Gasteiger partial charge in [-0.3, -0.25) is 4.90 Å². The molecule has 1 heterocycles. The van der Waals surface area contributed by atoms with Crippen molar-refractivity contribution < 1.29 is 9.63 Å². The van der Waals surface area contributed by atoms with Gasteiger partial charge < -0.3 is 10.2 Å². The van der Waals surface area contributed by atoms with Crippen LogP contribution in [0.25, 0.3) is 0 Å². The first kappa shape index (κ1) is 12.0. The molecular formula is C12H17N3O2. The highest BCUT2D eigenvalue weighted by molar-refractivity contribution is 5.82. The van der Waals surface area contributed by atoms with Gasteiger partial charge in [0.25, 0.3) is 0 Å². The van der Waals surface area contributed by atoms with Gasteiger partial charge in [-0.15, -0.1) is 0 Å². The summed E-state index contributed by atoms with van der Waals surface area (Å²) in [5.74, 6) is 4.61. The van der Waals surface area contributed by atoms with E-state index in [9.17, 15) is 4.79 Å². The summed E-state index contributed by atoms with van der Waals surface area (Å²) in [6.45, 7) is 1.84. The Morgan fingerprint density at radius 2 is 2.12 bits per heavy atom. The van der Waals surface area contributed by atoms with Crippen molar-refractivity contribution >= 4 is 5.97 Å². The zero-order chi connectivity index (χ0) is 12.3. The van der Waals surface area contributed by atoms with Gasteiger partial charge >= 0.3 is 5.97 Å². The van der Waals surface area contributed by atoms with Crippen molar-refractivity contribution in [3.8, 4) is 0 Å². The highest BCUT2D eigenvalue weighted by Gasteiger charge is 2.49. The first-order valence-corrected chi connectivity index (χ1v) is 5.56. The van der Waals surface area contributed by atoms with Gasteiger partial charge in [0, 0.05) is 19.6 Å². The quantitative estimate of drug-likeness (QED) is 0.712. The maximum atomic E-state index is 11.7. The van der Waals surface area contributed by atoms with Crippen LogP contribution >= 0.6 is 0 Å². The molecule has 1 aromatic rings. The van der Waals surface area contributed by atoms with Crippen LogP contribution in [0.1, 0.15) is 5.56 Å². The van der Waals surface area contributed by atoms with Gasteiger partial charge in [0.05, 0.1) is 0 Å². The van der Waals surface area contributed by atoms with Crippen molar-refractivity contribution in [2.75, 3.05) is 20.1 Å². The van der Waals surface area contributed by atoms with E-state index in [1.165, 1.54) is 0 Å². The largest absolute Gasteiger partial charge is 0.372 e. The minimum Gasteiger partial charge on any atom is -0.372 e. The molecule has 17 heavy (non-hydrogen) atoms. The number of carbonyl (C=O) groups is 1.